The van der Waals surface area contributed by atoms with Gasteiger partial charge in [0.1, 0.15) is 11.8 Å². The Morgan fingerprint density at radius 2 is 1.91 bits per heavy atom. The summed E-state index contributed by atoms with van der Waals surface area (Å²) >= 11 is 0. The third-order valence-corrected chi connectivity index (χ3v) is 3.74. The highest BCUT2D eigenvalue weighted by molar-refractivity contribution is 5.88. The van der Waals surface area contributed by atoms with Gasteiger partial charge in [-0.25, -0.2) is 0 Å². The minimum absolute atomic E-state index is 0.0507. The number of para-hydroxylation sites is 1. The van der Waals surface area contributed by atoms with Crippen LogP contribution >= 0.6 is 0 Å². The van der Waals surface area contributed by atoms with Crippen LogP contribution in [-0.4, -0.2) is 79.9 Å². The Kier molecular flexibility index (Phi) is 5.38. The predicted octanol–water partition coefficient (Wildman–Crippen LogP) is 0.296. The SMILES string of the molecule is CN1CCN(C(=O)COc2ccccc2)C(C(=O)N(C)C)C1. The summed E-state index contributed by atoms with van der Waals surface area (Å²) in [6.07, 6.45) is 0. The van der Waals surface area contributed by atoms with Crippen molar-refractivity contribution in [2.75, 3.05) is 47.4 Å². The molecule has 0 radical (unpaired) electrons. The number of hydrogen-bond donors (Lipinski definition) is 0. The zero-order valence-electron chi connectivity index (χ0n) is 13.4. The topological polar surface area (TPSA) is 53.1 Å². The molecule has 0 bridgehead atoms. The Morgan fingerprint density at radius 1 is 1.23 bits per heavy atom. The van der Waals surface area contributed by atoms with Crippen molar-refractivity contribution in [3.8, 4) is 5.75 Å². The second-order valence-corrected chi connectivity index (χ2v) is 5.70. The summed E-state index contributed by atoms with van der Waals surface area (Å²) in [5.41, 5.74) is 0. The van der Waals surface area contributed by atoms with E-state index in [0.717, 1.165) is 6.54 Å². The van der Waals surface area contributed by atoms with Gasteiger partial charge in [-0.3, -0.25) is 9.59 Å². The van der Waals surface area contributed by atoms with Gasteiger partial charge in [0.2, 0.25) is 5.91 Å². The number of ether oxygens (including phenoxy) is 1. The third-order valence-electron chi connectivity index (χ3n) is 3.74. The first-order valence-corrected chi connectivity index (χ1v) is 7.36. The van der Waals surface area contributed by atoms with Gasteiger partial charge in [-0.15, -0.1) is 0 Å². The van der Waals surface area contributed by atoms with Gasteiger partial charge >= 0.3 is 0 Å². The summed E-state index contributed by atoms with van der Waals surface area (Å²) in [5.74, 6) is 0.442. The normalized spacial score (nSPS) is 18.9. The maximum Gasteiger partial charge on any atom is 0.261 e. The average molecular weight is 305 g/mol. The van der Waals surface area contributed by atoms with Crippen molar-refractivity contribution in [2.45, 2.75) is 6.04 Å². The highest BCUT2D eigenvalue weighted by atomic mass is 16.5. The summed E-state index contributed by atoms with van der Waals surface area (Å²) in [7, 11) is 5.37. The number of benzene rings is 1. The lowest BCUT2D eigenvalue weighted by atomic mass is 10.1. The van der Waals surface area contributed by atoms with Gasteiger partial charge in [-0.1, -0.05) is 18.2 Å². The fourth-order valence-electron chi connectivity index (χ4n) is 2.47. The maximum absolute atomic E-state index is 12.4. The van der Waals surface area contributed by atoms with Crippen LogP contribution in [0.4, 0.5) is 0 Å². The zero-order valence-corrected chi connectivity index (χ0v) is 13.4. The van der Waals surface area contributed by atoms with Crippen LogP contribution in [0.1, 0.15) is 0 Å². The summed E-state index contributed by atoms with van der Waals surface area (Å²) in [6.45, 7) is 1.80. The van der Waals surface area contributed by atoms with Crippen molar-refractivity contribution in [1.29, 1.82) is 0 Å². The van der Waals surface area contributed by atoms with Crippen LogP contribution in [-0.2, 0) is 9.59 Å². The molecule has 1 saturated heterocycles. The van der Waals surface area contributed by atoms with Crippen LogP contribution in [0.2, 0.25) is 0 Å². The van der Waals surface area contributed by atoms with E-state index < -0.39 is 6.04 Å². The van der Waals surface area contributed by atoms with E-state index in [-0.39, 0.29) is 18.4 Å². The third kappa shape index (κ3) is 3.98. The number of rotatable bonds is 4. The minimum atomic E-state index is -0.444. The zero-order chi connectivity index (χ0) is 16.1. The summed E-state index contributed by atoms with van der Waals surface area (Å²) in [4.78, 5) is 29.9. The lowest BCUT2D eigenvalue weighted by Crippen LogP contribution is -2.60. The minimum Gasteiger partial charge on any atom is -0.484 e. The molecular weight excluding hydrogens is 282 g/mol. The predicted molar refractivity (Wildman–Crippen MR) is 83.6 cm³/mol. The first kappa shape index (κ1) is 16.3. The van der Waals surface area contributed by atoms with Crippen LogP contribution in [0.15, 0.2) is 30.3 Å². The number of likely N-dealkylation sites (N-methyl/N-ethyl adjacent to an activating group) is 2. The molecule has 6 heteroatoms. The van der Waals surface area contributed by atoms with E-state index in [0.29, 0.717) is 18.8 Å². The molecule has 1 unspecified atom stereocenters. The van der Waals surface area contributed by atoms with Crippen LogP contribution < -0.4 is 4.74 Å². The molecule has 1 aliphatic heterocycles. The molecular formula is C16H23N3O3. The average Bonchev–Trinajstić information content (AvgIpc) is 2.52. The number of hydrogen-bond acceptors (Lipinski definition) is 4. The first-order chi connectivity index (χ1) is 10.5. The van der Waals surface area contributed by atoms with Crippen molar-refractivity contribution in [2.24, 2.45) is 0 Å². The summed E-state index contributed by atoms with van der Waals surface area (Å²) < 4.78 is 5.51. The van der Waals surface area contributed by atoms with E-state index in [1.54, 1.807) is 31.1 Å². The van der Waals surface area contributed by atoms with E-state index in [4.69, 9.17) is 4.74 Å². The van der Waals surface area contributed by atoms with E-state index in [1.807, 2.05) is 25.2 Å². The van der Waals surface area contributed by atoms with Crippen LogP contribution in [0.5, 0.6) is 5.75 Å². The summed E-state index contributed by atoms with van der Waals surface area (Å²) in [6, 6.07) is 8.77. The standard InChI is InChI=1S/C16H23N3O3/c1-17(2)16(21)14-11-18(3)9-10-19(14)15(20)12-22-13-7-5-4-6-8-13/h4-8,14H,9-12H2,1-3H3. The Hall–Kier alpha value is -2.08. The van der Waals surface area contributed by atoms with E-state index in [2.05, 4.69) is 4.90 Å². The number of amides is 2. The highest BCUT2D eigenvalue weighted by Gasteiger charge is 2.35. The number of nitrogens with zero attached hydrogens (tertiary/aromatic N) is 3. The first-order valence-electron chi connectivity index (χ1n) is 7.36. The molecule has 22 heavy (non-hydrogen) atoms. The second kappa shape index (κ2) is 7.26. The Morgan fingerprint density at radius 3 is 2.55 bits per heavy atom. The lowest BCUT2D eigenvalue weighted by Gasteiger charge is -2.39. The largest absolute Gasteiger partial charge is 0.484 e. The highest BCUT2D eigenvalue weighted by Crippen LogP contribution is 2.13. The van der Waals surface area contributed by atoms with Crippen molar-refractivity contribution >= 4 is 11.8 Å². The van der Waals surface area contributed by atoms with Crippen molar-refractivity contribution in [3.05, 3.63) is 30.3 Å². The lowest BCUT2D eigenvalue weighted by molar-refractivity contribution is -0.148. The molecule has 120 valence electrons. The molecule has 1 aromatic rings. The molecule has 1 atom stereocenters. The molecule has 0 N–H and O–H groups in total. The van der Waals surface area contributed by atoms with Gasteiger partial charge in [0.15, 0.2) is 6.61 Å². The maximum atomic E-state index is 12.4. The Balaban J connectivity index is 2.00. The smallest absolute Gasteiger partial charge is 0.261 e. The van der Waals surface area contributed by atoms with Crippen molar-refractivity contribution < 1.29 is 14.3 Å². The van der Waals surface area contributed by atoms with Crippen molar-refractivity contribution in [3.63, 3.8) is 0 Å². The number of carbonyl (C=O) groups is 2. The van der Waals surface area contributed by atoms with Crippen LogP contribution in [0.25, 0.3) is 0 Å². The Labute approximate surface area is 131 Å². The molecule has 0 aliphatic carbocycles. The molecule has 1 heterocycles. The Bertz CT molecular complexity index is 519. The van der Waals surface area contributed by atoms with E-state index in [1.165, 1.54) is 4.90 Å². The molecule has 1 aliphatic rings. The number of piperazine rings is 1. The number of carbonyl (C=O) groups excluding carboxylic acids is 2. The van der Waals surface area contributed by atoms with Crippen LogP contribution in [0.3, 0.4) is 0 Å². The van der Waals surface area contributed by atoms with Gasteiger partial charge in [-0.05, 0) is 19.2 Å². The van der Waals surface area contributed by atoms with Gasteiger partial charge < -0.3 is 19.4 Å². The quantitative estimate of drug-likeness (QED) is 0.803. The molecule has 6 nitrogen and oxygen atoms in total. The van der Waals surface area contributed by atoms with Gasteiger partial charge in [-0.2, -0.15) is 0 Å². The fourth-order valence-corrected chi connectivity index (χ4v) is 2.47. The van der Waals surface area contributed by atoms with Gasteiger partial charge in [0, 0.05) is 33.7 Å². The van der Waals surface area contributed by atoms with Crippen molar-refractivity contribution in [1.82, 2.24) is 14.7 Å². The molecule has 2 amide bonds. The molecule has 0 saturated carbocycles. The van der Waals surface area contributed by atoms with Gasteiger partial charge in [0.25, 0.3) is 5.91 Å². The summed E-state index contributed by atoms with van der Waals surface area (Å²) in [5, 5.41) is 0. The monoisotopic (exact) mass is 305 g/mol. The van der Waals surface area contributed by atoms with Crippen LogP contribution in [0, 0.1) is 0 Å². The molecule has 1 aromatic carbocycles. The second-order valence-electron chi connectivity index (χ2n) is 5.70. The van der Waals surface area contributed by atoms with E-state index in [9.17, 15) is 9.59 Å². The molecule has 2 rings (SSSR count). The molecule has 0 aromatic heterocycles. The molecule has 0 spiro atoms. The van der Waals surface area contributed by atoms with Gasteiger partial charge in [0.05, 0.1) is 0 Å². The van der Waals surface area contributed by atoms with E-state index >= 15 is 0 Å². The fraction of sp³-hybridized carbons (Fsp3) is 0.500. The molecule has 1 fully saturated rings.